The fourth-order valence-electron chi connectivity index (χ4n) is 2.07. The first-order valence-electron chi connectivity index (χ1n) is 8.22. The molecule has 0 atom stereocenters. The standard InChI is InChI=1S/C19H23N3O3S/c1-15-4-2-3-5-18(15)25-13-11-23-10-12-24-17-8-6-16(7-9-17)14-21-22-19(20)26/h2-9,14H,10-13H2,1H3,(H3,20,22,26). The van der Waals surface area contributed by atoms with Gasteiger partial charge < -0.3 is 19.9 Å². The molecule has 0 radical (unpaired) electrons. The molecule has 0 aromatic heterocycles. The molecule has 2 aromatic rings. The van der Waals surface area contributed by atoms with Crippen LogP contribution in [0.4, 0.5) is 0 Å². The number of ether oxygens (including phenoxy) is 3. The van der Waals surface area contributed by atoms with Gasteiger partial charge in [-0.1, -0.05) is 18.2 Å². The molecular formula is C19H23N3O3S. The highest BCUT2D eigenvalue weighted by atomic mass is 32.1. The fourth-order valence-corrected chi connectivity index (χ4v) is 2.12. The van der Waals surface area contributed by atoms with Gasteiger partial charge in [0.2, 0.25) is 0 Å². The summed E-state index contributed by atoms with van der Waals surface area (Å²) in [5.74, 6) is 1.66. The zero-order chi connectivity index (χ0) is 18.6. The van der Waals surface area contributed by atoms with E-state index in [1.54, 1.807) is 6.21 Å². The van der Waals surface area contributed by atoms with Gasteiger partial charge in [0, 0.05) is 0 Å². The lowest BCUT2D eigenvalue weighted by molar-refractivity contribution is 0.0763. The van der Waals surface area contributed by atoms with Gasteiger partial charge in [-0.2, -0.15) is 5.10 Å². The molecule has 0 amide bonds. The van der Waals surface area contributed by atoms with E-state index in [2.05, 4.69) is 22.7 Å². The van der Waals surface area contributed by atoms with Crippen molar-refractivity contribution in [3.8, 4) is 11.5 Å². The molecule has 0 fully saturated rings. The van der Waals surface area contributed by atoms with Crippen LogP contribution in [0.5, 0.6) is 11.5 Å². The van der Waals surface area contributed by atoms with E-state index in [1.807, 2.05) is 55.5 Å². The smallest absolute Gasteiger partial charge is 0.184 e. The van der Waals surface area contributed by atoms with Crippen LogP contribution in [-0.4, -0.2) is 37.8 Å². The summed E-state index contributed by atoms with van der Waals surface area (Å²) in [7, 11) is 0. The quantitative estimate of drug-likeness (QED) is 0.289. The van der Waals surface area contributed by atoms with Crippen LogP contribution in [0.1, 0.15) is 11.1 Å². The van der Waals surface area contributed by atoms with Gasteiger partial charge in [0.25, 0.3) is 0 Å². The highest BCUT2D eigenvalue weighted by Crippen LogP contribution is 2.15. The molecule has 0 saturated carbocycles. The Kier molecular flexibility index (Phi) is 8.38. The van der Waals surface area contributed by atoms with Crippen molar-refractivity contribution < 1.29 is 14.2 Å². The van der Waals surface area contributed by atoms with Crippen LogP contribution >= 0.6 is 12.2 Å². The highest BCUT2D eigenvalue weighted by molar-refractivity contribution is 7.80. The first-order chi connectivity index (χ1) is 12.6. The number of hydrazone groups is 1. The van der Waals surface area contributed by atoms with Crippen molar-refractivity contribution in [3.05, 3.63) is 59.7 Å². The number of nitrogens with zero attached hydrogens (tertiary/aromatic N) is 1. The van der Waals surface area contributed by atoms with E-state index in [4.69, 9.17) is 19.9 Å². The van der Waals surface area contributed by atoms with Crippen LogP contribution in [0.25, 0.3) is 0 Å². The number of benzene rings is 2. The molecule has 26 heavy (non-hydrogen) atoms. The van der Waals surface area contributed by atoms with Gasteiger partial charge >= 0.3 is 0 Å². The summed E-state index contributed by atoms with van der Waals surface area (Å²) in [6.45, 7) is 4.02. The average Bonchev–Trinajstić information content (AvgIpc) is 2.63. The summed E-state index contributed by atoms with van der Waals surface area (Å²) in [4.78, 5) is 0. The van der Waals surface area contributed by atoms with E-state index < -0.39 is 0 Å². The molecule has 6 nitrogen and oxygen atoms in total. The predicted molar refractivity (Wildman–Crippen MR) is 107 cm³/mol. The number of hydrogen-bond donors (Lipinski definition) is 2. The molecule has 0 bridgehead atoms. The lowest BCUT2D eigenvalue weighted by Gasteiger charge is -2.10. The molecule has 0 aliphatic carbocycles. The normalized spacial score (nSPS) is 10.7. The van der Waals surface area contributed by atoms with E-state index in [0.29, 0.717) is 26.4 Å². The minimum Gasteiger partial charge on any atom is -0.491 e. The lowest BCUT2D eigenvalue weighted by atomic mass is 10.2. The number of para-hydroxylation sites is 1. The summed E-state index contributed by atoms with van der Waals surface area (Å²) in [6, 6.07) is 15.4. The molecule has 0 spiro atoms. The van der Waals surface area contributed by atoms with Crippen molar-refractivity contribution in [2.24, 2.45) is 10.8 Å². The van der Waals surface area contributed by atoms with Gasteiger partial charge in [0.05, 0.1) is 19.4 Å². The SMILES string of the molecule is Cc1ccccc1OCCOCCOc1ccc(C=NNC(N)=S)cc1. The number of aryl methyl sites for hydroxylation is 1. The van der Waals surface area contributed by atoms with Gasteiger partial charge in [-0.15, -0.1) is 0 Å². The van der Waals surface area contributed by atoms with Crippen molar-refractivity contribution in [1.29, 1.82) is 0 Å². The van der Waals surface area contributed by atoms with Crippen molar-refractivity contribution in [3.63, 3.8) is 0 Å². The maximum absolute atomic E-state index is 5.66. The lowest BCUT2D eigenvalue weighted by Crippen LogP contribution is -2.23. The van der Waals surface area contributed by atoms with Crippen LogP contribution in [0, 0.1) is 6.92 Å². The van der Waals surface area contributed by atoms with Crippen LogP contribution in [0.3, 0.4) is 0 Å². The Hall–Kier alpha value is -2.64. The Morgan fingerprint density at radius 2 is 1.73 bits per heavy atom. The maximum Gasteiger partial charge on any atom is 0.184 e. The van der Waals surface area contributed by atoms with Crippen LogP contribution in [0.15, 0.2) is 53.6 Å². The van der Waals surface area contributed by atoms with Crippen LogP contribution < -0.4 is 20.6 Å². The highest BCUT2D eigenvalue weighted by Gasteiger charge is 1.98. The third-order valence-electron chi connectivity index (χ3n) is 3.34. The molecule has 7 heteroatoms. The topological polar surface area (TPSA) is 78.1 Å². The second-order valence-corrected chi connectivity index (χ2v) is 5.82. The molecule has 0 aliphatic heterocycles. The third kappa shape index (κ3) is 7.50. The monoisotopic (exact) mass is 373 g/mol. The van der Waals surface area contributed by atoms with E-state index in [-0.39, 0.29) is 5.11 Å². The molecule has 0 unspecified atom stereocenters. The van der Waals surface area contributed by atoms with E-state index >= 15 is 0 Å². The first kappa shape index (κ1) is 19.7. The van der Waals surface area contributed by atoms with E-state index in [0.717, 1.165) is 22.6 Å². The van der Waals surface area contributed by atoms with Gasteiger partial charge in [0.1, 0.15) is 24.7 Å². The molecule has 0 heterocycles. The van der Waals surface area contributed by atoms with Gasteiger partial charge in [-0.05, 0) is 60.6 Å². The predicted octanol–water partition coefficient (Wildman–Crippen LogP) is 2.64. The Labute approximate surface area is 158 Å². The van der Waals surface area contributed by atoms with Gasteiger partial charge in [0.15, 0.2) is 5.11 Å². The van der Waals surface area contributed by atoms with E-state index in [1.165, 1.54) is 0 Å². The molecule has 0 saturated heterocycles. The Morgan fingerprint density at radius 3 is 2.42 bits per heavy atom. The molecule has 138 valence electrons. The first-order valence-corrected chi connectivity index (χ1v) is 8.63. The molecule has 2 rings (SSSR count). The Bertz CT molecular complexity index is 720. The number of nitrogens with one attached hydrogen (secondary N) is 1. The maximum atomic E-state index is 5.66. The van der Waals surface area contributed by atoms with Crippen LogP contribution in [0.2, 0.25) is 0 Å². The van der Waals surface area contributed by atoms with Gasteiger partial charge in [-0.25, -0.2) is 0 Å². The third-order valence-corrected chi connectivity index (χ3v) is 3.43. The molecule has 3 N–H and O–H groups in total. The Balaban J connectivity index is 1.57. The average molecular weight is 373 g/mol. The summed E-state index contributed by atoms with van der Waals surface area (Å²) in [6.07, 6.45) is 1.63. The fraction of sp³-hybridized carbons (Fsp3) is 0.263. The minimum atomic E-state index is 0.130. The largest absolute Gasteiger partial charge is 0.491 e. The zero-order valence-corrected chi connectivity index (χ0v) is 15.5. The van der Waals surface area contributed by atoms with Crippen LogP contribution in [-0.2, 0) is 4.74 Å². The number of nitrogens with two attached hydrogens (primary N) is 1. The summed E-state index contributed by atoms with van der Waals surface area (Å²) in [5.41, 5.74) is 9.81. The summed E-state index contributed by atoms with van der Waals surface area (Å²) < 4.78 is 16.8. The second kappa shape index (κ2) is 11.1. The number of rotatable bonds is 10. The molecule has 0 aliphatic rings. The van der Waals surface area contributed by atoms with Crippen molar-refractivity contribution >= 4 is 23.5 Å². The Morgan fingerprint density at radius 1 is 1.04 bits per heavy atom. The van der Waals surface area contributed by atoms with Crippen molar-refractivity contribution in [2.45, 2.75) is 6.92 Å². The number of hydrogen-bond acceptors (Lipinski definition) is 5. The zero-order valence-electron chi connectivity index (χ0n) is 14.7. The summed E-state index contributed by atoms with van der Waals surface area (Å²) >= 11 is 4.66. The van der Waals surface area contributed by atoms with E-state index in [9.17, 15) is 0 Å². The van der Waals surface area contributed by atoms with Crippen molar-refractivity contribution in [1.82, 2.24) is 5.43 Å². The molecular weight excluding hydrogens is 350 g/mol. The minimum absolute atomic E-state index is 0.130. The second-order valence-electron chi connectivity index (χ2n) is 5.38. The molecule has 2 aromatic carbocycles. The summed E-state index contributed by atoms with van der Waals surface area (Å²) in [5, 5.41) is 4.02. The van der Waals surface area contributed by atoms with Crippen molar-refractivity contribution in [2.75, 3.05) is 26.4 Å². The number of thiocarbonyl (C=S) groups is 1. The van der Waals surface area contributed by atoms with Gasteiger partial charge in [-0.3, -0.25) is 5.43 Å².